The molecule has 0 bridgehead atoms. The molecule has 0 radical (unpaired) electrons. The fraction of sp³-hybridized carbons (Fsp3) is 0.286. The van der Waals surface area contributed by atoms with Crippen LogP contribution in [0.25, 0.3) is 6.08 Å². The van der Waals surface area contributed by atoms with E-state index < -0.39 is 29.9 Å². The lowest BCUT2D eigenvalue weighted by molar-refractivity contribution is -0.139. The lowest BCUT2D eigenvalue weighted by Crippen LogP contribution is -2.19. The normalized spacial score (nSPS) is 18.0. The first-order valence-corrected chi connectivity index (χ1v) is 9.03. The van der Waals surface area contributed by atoms with Crippen LogP contribution in [0.15, 0.2) is 36.4 Å². The van der Waals surface area contributed by atoms with Crippen LogP contribution in [0.1, 0.15) is 45.5 Å². The number of ketones is 1. The third-order valence-corrected chi connectivity index (χ3v) is 5.05. The summed E-state index contributed by atoms with van der Waals surface area (Å²) in [5, 5.41) is -0.359. The molecule has 148 valence electrons. The van der Waals surface area contributed by atoms with Gasteiger partial charge in [-0.3, -0.25) is 4.79 Å². The number of Topliss-reactive ketones (excluding diaryl/α,β-unsaturated/α-hetero) is 1. The van der Waals surface area contributed by atoms with Crippen LogP contribution in [0.5, 0.6) is 0 Å². The zero-order valence-corrected chi connectivity index (χ0v) is 15.5. The van der Waals surface area contributed by atoms with Gasteiger partial charge in [-0.05, 0) is 34.7 Å². The van der Waals surface area contributed by atoms with Crippen molar-refractivity contribution in [2.24, 2.45) is 0 Å². The number of benzene rings is 2. The van der Waals surface area contributed by atoms with Gasteiger partial charge >= 0.3 is 6.18 Å². The number of aryl methyl sites for hydroxylation is 1. The lowest BCUT2D eigenvalue weighted by Gasteiger charge is -2.19. The van der Waals surface area contributed by atoms with Gasteiger partial charge in [-0.2, -0.15) is 13.2 Å². The number of halogens is 6. The minimum absolute atomic E-state index is 0.0774. The van der Waals surface area contributed by atoms with E-state index in [1.807, 2.05) is 0 Å². The van der Waals surface area contributed by atoms with Crippen LogP contribution in [0, 0.1) is 5.82 Å². The first-order chi connectivity index (χ1) is 13.1. The second-order valence-electron chi connectivity index (χ2n) is 6.66. The standard InChI is InChI=1S/C21H16ClF5O/c1-2-12-8-14(9-17(22)19(12)24)16(21(25,26)27)6-4-11-3-5-15-13(7-11)10-18(23)20(15)28/h3-9,16,18H,2,10H2,1H3/b6-4+. The fourth-order valence-corrected chi connectivity index (χ4v) is 3.55. The number of rotatable bonds is 4. The van der Waals surface area contributed by atoms with E-state index in [0.717, 1.165) is 12.1 Å². The van der Waals surface area contributed by atoms with Crippen molar-refractivity contribution >= 4 is 23.5 Å². The highest BCUT2D eigenvalue weighted by atomic mass is 35.5. The minimum Gasteiger partial charge on any atom is -0.291 e. The summed E-state index contributed by atoms with van der Waals surface area (Å²) in [6, 6.07) is 6.54. The van der Waals surface area contributed by atoms with Crippen molar-refractivity contribution in [3.8, 4) is 0 Å². The van der Waals surface area contributed by atoms with Gasteiger partial charge < -0.3 is 0 Å². The van der Waals surface area contributed by atoms with Crippen molar-refractivity contribution in [1.82, 2.24) is 0 Å². The predicted octanol–water partition coefficient (Wildman–Crippen LogP) is 6.48. The summed E-state index contributed by atoms with van der Waals surface area (Å²) in [4.78, 5) is 11.6. The van der Waals surface area contributed by atoms with Crippen molar-refractivity contribution in [3.05, 3.63) is 75.1 Å². The molecule has 0 saturated heterocycles. The Bertz CT molecular complexity index is 949. The molecule has 0 aliphatic heterocycles. The Morgan fingerprint density at radius 2 is 1.96 bits per heavy atom. The predicted molar refractivity (Wildman–Crippen MR) is 98.0 cm³/mol. The van der Waals surface area contributed by atoms with Crippen LogP contribution in [0.3, 0.4) is 0 Å². The van der Waals surface area contributed by atoms with Gasteiger partial charge in [-0.1, -0.05) is 54.9 Å². The van der Waals surface area contributed by atoms with E-state index in [0.29, 0.717) is 11.1 Å². The molecule has 0 amide bonds. The van der Waals surface area contributed by atoms with Gasteiger partial charge in [0.05, 0.1) is 10.9 Å². The third kappa shape index (κ3) is 3.97. The molecule has 0 spiro atoms. The second kappa shape index (κ2) is 7.66. The molecule has 7 heteroatoms. The summed E-state index contributed by atoms with van der Waals surface area (Å²) in [7, 11) is 0. The maximum Gasteiger partial charge on any atom is 0.399 e. The molecule has 0 N–H and O–H groups in total. The summed E-state index contributed by atoms with van der Waals surface area (Å²) in [5.41, 5.74) is 1.09. The van der Waals surface area contributed by atoms with Gasteiger partial charge in [0.2, 0.25) is 0 Å². The third-order valence-electron chi connectivity index (χ3n) is 4.78. The molecule has 0 saturated carbocycles. The average Bonchev–Trinajstić information content (AvgIpc) is 2.90. The van der Waals surface area contributed by atoms with E-state index in [1.54, 1.807) is 6.92 Å². The number of allylic oxidation sites excluding steroid dienone is 1. The molecule has 3 rings (SSSR count). The van der Waals surface area contributed by atoms with E-state index in [1.165, 1.54) is 30.3 Å². The molecule has 1 nitrogen and oxygen atoms in total. The van der Waals surface area contributed by atoms with Crippen molar-refractivity contribution in [2.45, 2.75) is 38.0 Å². The van der Waals surface area contributed by atoms with Crippen LogP contribution in [0.4, 0.5) is 22.0 Å². The fourth-order valence-electron chi connectivity index (χ4n) is 3.30. The van der Waals surface area contributed by atoms with Gasteiger partial charge in [0, 0.05) is 12.0 Å². The van der Waals surface area contributed by atoms with Gasteiger partial charge in [0.15, 0.2) is 12.0 Å². The molecular formula is C21H16ClF5O. The van der Waals surface area contributed by atoms with Gasteiger partial charge in [0.25, 0.3) is 0 Å². The van der Waals surface area contributed by atoms with E-state index in [2.05, 4.69) is 0 Å². The number of carbonyl (C=O) groups excluding carboxylic acids is 1. The van der Waals surface area contributed by atoms with Crippen LogP contribution in [-0.4, -0.2) is 18.1 Å². The highest BCUT2D eigenvalue weighted by Gasteiger charge is 2.39. The Morgan fingerprint density at radius 3 is 2.61 bits per heavy atom. The van der Waals surface area contributed by atoms with Crippen LogP contribution in [0.2, 0.25) is 5.02 Å². The number of fused-ring (bicyclic) bond motifs is 1. The topological polar surface area (TPSA) is 17.1 Å². The quantitative estimate of drug-likeness (QED) is 0.523. The Hall–Kier alpha value is -2.21. The Balaban J connectivity index is 1.96. The Morgan fingerprint density at radius 1 is 1.25 bits per heavy atom. The SMILES string of the molecule is CCc1cc(C(/C=C/c2ccc3c(c2)CC(F)C3=O)C(F)(F)F)cc(Cl)c1F. The number of hydrogen-bond acceptors (Lipinski definition) is 1. The van der Waals surface area contributed by atoms with Gasteiger partial charge in [0.1, 0.15) is 5.82 Å². The molecule has 2 unspecified atom stereocenters. The molecule has 0 fully saturated rings. The van der Waals surface area contributed by atoms with Gasteiger partial charge in [-0.25, -0.2) is 8.78 Å². The Labute approximate surface area is 163 Å². The van der Waals surface area contributed by atoms with E-state index in [9.17, 15) is 26.7 Å². The first-order valence-electron chi connectivity index (χ1n) is 8.65. The van der Waals surface area contributed by atoms with Crippen LogP contribution in [-0.2, 0) is 12.8 Å². The van der Waals surface area contributed by atoms with E-state index in [4.69, 9.17) is 11.6 Å². The summed E-state index contributed by atoms with van der Waals surface area (Å²) >= 11 is 5.77. The monoisotopic (exact) mass is 414 g/mol. The van der Waals surface area contributed by atoms with Crippen LogP contribution < -0.4 is 0 Å². The first kappa shape index (κ1) is 20.5. The molecule has 2 atom stereocenters. The molecule has 0 aromatic heterocycles. The molecule has 28 heavy (non-hydrogen) atoms. The molecular weight excluding hydrogens is 399 g/mol. The van der Waals surface area contributed by atoms with Gasteiger partial charge in [-0.15, -0.1) is 0 Å². The molecule has 2 aromatic carbocycles. The number of carbonyl (C=O) groups is 1. The number of alkyl halides is 4. The Kier molecular flexibility index (Phi) is 5.62. The van der Waals surface area contributed by atoms with Crippen LogP contribution >= 0.6 is 11.6 Å². The largest absolute Gasteiger partial charge is 0.399 e. The lowest BCUT2D eigenvalue weighted by atomic mass is 9.94. The summed E-state index contributed by atoms with van der Waals surface area (Å²) in [6.45, 7) is 1.63. The molecule has 1 aliphatic rings. The maximum atomic E-state index is 13.9. The summed E-state index contributed by atoms with van der Waals surface area (Å²) in [6.07, 6.45) is -3.88. The highest BCUT2D eigenvalue weighted by Crippen LogP contribution is 2.39. The van der Waals surface area contributed by atoms with Crippen molar-refractivity contribution in [1.29, 1.82) is 0 Å². The average molecular weight is 415 g/mol. The van der Waals surface area contributed by atoms with Crippen molar-refractivity contribution in [3.63, 3.8) is 0 Å². The summed E-state index contributed by atoms with van der Waals surface area (Å²) < 4.78 is 68.3. The van der Waals surface area contributed by atoms with Crippen molar-refractivity contribution < 1.29 is 26.7 Å². The molecule has 2 aromatic rings. The smallest absolute Gasteiger partial charge is 0.291 e. The summed E-state index contributed by atoms with van der Waals surface area (Å²) in [5.74, 6) is -3.31. The highest BCUT2D eigenvalue weighted by molar-refractivity contribution is 6.30. The minimum atomic E-state index is -4.61. The van der Waals surface area contributed by atoms with E-state index in [-0.39, 0.29) is 34.6 Å². The molecule has 0 heterocycles. The number of hydrogen-bond donors (Lipinski definition) is 0. The zero-order valence-electron chi connectivity index (χ0n) is 14.8. The molecule has 1 aliphatic carbocycles. The second-order valence-corrected chi connectivity index (χ2v) is 7.07. The zero-order chi connectivity index (χ0) is 20.6. The maximum absolute atomic E-state index is 13.9. The van der Waals surface area contributed by atoms with Crippen molar-refractivity contribution in [2.75, 3.05) is 0 Å². The van der Waals surface area contributed by atoms with E-state index >= 15 is 0 Å².